The molecule has 0 spiro atoms. The van der Waals surface area contributed by atoms with Gasteiger partial charge in [-0.25, -0.2) is 15.0 Å². The summed E-state index contributed by atoms with van der Waals surface area (Å²) in [4.78, 5) is 16.0. The summed E-state index contributed by atoms with van der Waals surface area (Å²) in [5.74, 6) is 1.68. The van der Waals surface area contributed by atoms with E-state index < -0.39 is 0 Å². The Morgan fingerprint density at radius 3 is 0.978 bits per heavy atom. The minimum Gasteiger partial charge on any atom is -0.308 e. The predicted octanol–water partition coefficient (Wildman–Crippen LogP) is 21.7. The Balaban J connectivity index is 1.03. The van der Waals surface area contributed by atoms with Gasteiger partial charge in [0.05, 0.1) is 39.0 Å². The highest BCUT2D eigenvalue weighted by molar-refractivity contribution is 6.14. The number of hydrogen-bond acceptors (Lipinski definition) is 4. The van der Waals surface area contributed by atoms with E-state index >= 15 is 0 Å². The Hall–Kier alpha value is -11.3. The van der Waals surface area contributed by atoms with E-state index in [9.17, 15) is 5.26 Å². The van der Waals surface area contributed by atoms with Gasteiger partial charge in [-0.1, -0.05) is 220 Å². The molecule has 430 valence electrons. The zero-order valence-corrected chi connectivity index (χ0v) is 51.8. The van der Waals surface area contributed by atoms with Crippen molar-refractivity contribution >= 4 is 43.6 Å². The van der Waals surface area contributed by atoms with Gasteiger partial charge in [-0.2, -0.15) is 5.26 Å². The maximum Gasteiger partial charge on any atom is 0.166 e. The fourth-order valence-electron chi connectivity index (χ4n) is 13.9. The van der Waals surface area contributed by atoms with E-state index in [0.29, 0.717) is 23.0 Å². The van der Waals surface area contributed by atoms with Gasteiger partial charge in [0.1, 0.15) is 6.07 Å². The second kappa shape index (κ2) is 22.2. The molecule has 0 fully saturated rings. The van der Waals surface area contributed by atoms with Crippen LogP contribution in [0.5, 0.6) is 0 Å². The molecule has 15 aromatic rings. The first kappa shape index (κ1) is 55.3. The maximum atomic E-state index is 11.5. The average Bonchev–Trinajstić information content (AvgIpc) is 1.57. The molecule has 15 rings (SSSR count). The molecule has 0 amide bonds. The van der Waals surface area contributed by atoms with Crippen LogP contribution in [-0.2, 0) is 0 Å². The lowest BCUT2D eigenvalue weighted by atomic mass is 9.97. The number of hydrogen-bond donors (Lipinski definition) is 0. The van der Waals surface area contributed by atoms with E-state index in [4.69, 9.17) is 15.0 Å². The van der Waals surface area contributed by atoms with E-state index in [0.717, 1.165) is 105 Å². The summed E-state index contributed by atoms with van der Waals surface area (Å²) in [6, 6.07) is 90.4. The van der Waals surface area contributed by atoms with Crippen molar-refractivity contribution in [3.63, 3.8) is 0 Å². The smallest absolute Gasteiger partial charge is 0.166 e. The SMILES string of the molecule is Cc1cc(C)cc(-c2ccc3c(c2)c2cc(-c4cc(C)cc(C)c4)ccc2n3-c2cc(-c3cccc(C#N)c3-n3c4ccc(-c5cc(C)cc(C)c5)cc4c4cc(-c5cc(C)cc(C)c5)ccc43)ccc2-c2nc(-c3ccccc3)nc(-c3ccccc3)n2)c1. The van der Waals surface area contributed by atoms with Crippen molar-refractivity contribution in [2.24, 2.45) is 0 Å². The highest BCUT2D eigenvalue weighted by atomic mass is 15.1. The van der Waals surface area contributed by atoms with Crippen LogP contribution in [0.3, 0.4) is 0 Å². The van der Waals surface area contributed by atoms with Gasteiger partial charge in [0.25, 0.3) is 0 Å². The quantitative estimate of drug-likeness (QED) is 0.137. The average molecular weight is 1160 g/mol. The van der Waals surface area contributed by atoms with Crippen molar-refractivity contribution in [1.82, 2.24) is 24.1 Å². The first-order valence-corrected chi connectivity index (χ1v) is 30.8. The van der Waals surface area contributed by atoms with Crippen LogP contribution in [0.1, 0.15) is 50.1 Å². The number of aromatic nitrogens is 5. The van der Waals surface area contributed by atoms with E-state index in [1.165, 1.54) is 66.8 Å². The van der Waals surface area contributed by atoms with Gasteiger partial charge in [0.2, 0.25) is 0 Å². The minimum atomic E-state index is 0.533. The lowest BCUT2D eigenvalue weighted by Gasteiger charge is -2.19. The zero-order valence-electron chi connectivity index (χ0n) is 51.8. The van der Waals surface area contributed by atoms with E-state index in [-0.39, 0.29) is 0 Å². The molecule has 0 atom stereocenters. The maximum absolute atomic E-state index is 11.5. The molecule has 0 unspecified atom stereocenters. The van der Waals surface area contributed by atoms with Crippen molar-refractivity contribution in [3.8, 4) is 107 Å². The second-order valence-electron chi connectivity index (χ2n) is 24.7. The molecular formula is C84H64N6. The van der Waals surface area contributed by atoms with Crippen LogP contribution in [-0.4, -0.2) is 24.1 Å². The molecule has 0 radical (unpaired) electrons. The molecule has 0 aliphatic heterocycles. The summed E-state index contributed by atoms with van der Waals surface area (Å²) in [6.07, 6.45) is 0. The third-order valence-corrected chi connectivity index (χ3v) is 17.6. The van der Waals surface area contributed by atoms with Crippen LogP contribution in [0.4, 0.5) is 0 Å². The number of nitrogens with zero attached hydrogens (tertiary/aromatic N) is 6. The van der Waals surface area contributed by atoms with Crippen molar-refractivity contribution in [1.29, 1.82) is 5.26 Å². The normalized spacial score (nSPS) is 11.5. The van der Waals surface area contributed by atoms with Crippen LogP contribution < -0.4 is 0 Å². The molecule has 0 aliphatic carbocycles. The molecule has 0 saturated carbocycles. The van der Waals surface area contributed by atoms with Crippen molar-refractivity contribution in [3.05, 3.63) is 293 Å². The molecule has 0 bridgehead atoms. The first-order valence-electron chi connectivity index (χ1n) is 30.8. The lowest BCUT2D eigenvalue weighted by molar-refractivity contribution is 1.06. The van der Waals surface area contributed by atoms with Gasteiger partial charge in [-0.15, -0.1) is 0 Å². The number of rotatable bonds is 10. The number of benzene rings is 12. The van der Waals surface area contributed by atoms with E-state index in [2.05, 4.69) is 265 Å². The fourth-order valence-corrected chi connectivity index (χ4v) is 13.9. The molecule has 12 aromatic carbocycles. The first-order chi connectivity index (χ1) is 43.8. The van der Waals surface area contributed by atoms with Crippen LogP contribution in [0.15, 0.2) is 243 Å². The Bertz CT molecular complexity index is 5110. The molecule has 0 N–H and O–H groups in total. The van der Waals surface area contributed by atoms with Crippen molar-refractivity contribution in [2.45, 2.75) is 55.4 Å². The lowest BCUT2D eigenvalue weighted by Crippen LogP contribution is -2.05. The molecule has 0 aliphatic rings. The third-order valence-electron chi connectivity index (χ3n) is 17.6. The summed E-state index contributed by atoms with van der Waals surface area (Å²) >= 11 is 0. The van der Waals surface area contributed by atoms with Gasteiger partial charge in [-0.05, 0) is 172 Å². The predicted molar refractivity (Wildman–Crippen MR) is 375 cm³/mol. The Morgan fingerprint density at radius 2 is 0.611 bits per heavy atom. The van der Waals surface area contributed by atoms with Gasteiger partial charge in [-0.3, -0.25) is 0 Å². The van der Waals surface area contributed by atoms with Gasteiger partial charge >= 0.3 is 0 Å². The second-order valence-corrected chi connectivity index (χ2v) is 24.7. The summed E-state index contributed by atoms with van der Waals surface area (Å²) in [5, 5.41) is 15.9. The van der Waals surface area contributed by atoms with Crippen LogP contribution in [0.2, 0.25) is 0 Å². The van der Waals surface area contributed by atoms with E-state index in [1.807, 2.05) is 48.5 Å². The number of para-hydroxylation sites is 1. The fraction of sp³-hybridized carbons (Fsp3) is 0.0952. The van der Waals surface area contributed by atoms with E-state index in [1.54, 1.807) is 0 Å². The Kier molecular flexibility index (Phi) is 13.6. The minimum absolute atomic E-state index is 0.533. The molecule has 90 heavy (non-hydrogen) atoms. The molecular weight excluding hydrogens is 1090 g/mol. The standard InChI is InChI=1S/C84H64N6/c1-50-32-51(2)37-66(36-50)60-23-28-76-72(44-60)73-45-61(67-38-52(3)33-53(4)39-67)24-29-77(73)89(76)80-48-64(22-27-71(80)84-87-82(58-16-11-9-12-17-58)86-83(88-84)59-18-13-10-14-19-59)70-21-15-20-65(49-85)81(70)90-78-30-25-62(68-40-54(5)34-55(6)41-68)46-74(78)75-47-63(26-31-79(75)90)69-42-56(7)35-57(8)43-69/h9-48H,1-8H3. The number of fused-ring (bicyclic) bond motifs is 6. The largest absolute Gasteiger partial charge is 0.308 e. The molecule has 3 aromatic heterocycles. The summed E-state index contributed by atoms with van der Waals surface area (Å²) in [6.45, 7) is 17.3. The molecule has 0 saturated heterocycles. The summed E-state index contributed by atoms with van der Waals surface area (Å²) in [7, 11) is 0. The molecule has 6 heteroatoms. The summed E-state index contributed by atoms with van der Waals surface area (Å²) < 4.78 is 4.74. The van der Waals surface area contributed by atoms with Gasteiger partial charge in [0, 0.05) is 43.8 Å². The van der Waals surface area contributed by atoms with Crippen molar-refractivity contribution in [2.75, 3.05) is 0 Å². The van der Waals surface area contributed by atoms with Gasteiger partial charge in [0.15, 0.2) is 17.5 Å². The Labute approximate surface area is 525 Å². The topological polar surface area (TPSA) is 72.3 Å². The highest BCUT2D eigenvalue weighted by Crippen LogP contribution is 2.45. The highest BCUT2D eigenvalue weighted by Gasteiger charge is 2.25. The number of nitriles is 1. The van der Waals surface area contributed by atoms with Crippen LogP contribution >= 0.6 is 0 Å². The Morgan fingerprint density at radius 1 is 0.267 bits per heavy atom. The molecule has 6 nitrogen and oxygen atoms in total. The monoisotopic (exact) mass is 1160 g/mol. The molecule has 3 heterocycles. The van der Waals surface area contributed by atoms with Gasteiger partial charge < -0.3 is 9.13 Å². The van der Waals surface area contributed by atoms with Crippen LogP contribution in [0, 0.1) is 66.7 Å². The van der Waals surface area contributed by atoms with Crippen molar-refractivity contribution < 1.29 is 0 Å². The zero-order chi connectivity index (χ0) is 61.5. The number of aryl methyl sites for hydroxylation is 8. The third kappa shape index (κ3) is 10.0. The summed E-state index contributed by atoms with van der Waals surface area (Å²) in [5.41, 5.74) is 29.7. The van der Waals surface area contributed by atoms with Crippen LogP contribution in [0.25, 0.3) is 145 Å².